The van der Waals surface area contributed by atoms with E-state index in [0.29, 0.717) is 18.4 Å². The van der Waals surface area contributed by atoms with Crippen LogP contribution in [0.4, 0.5) is 0 Å². The summed E-state index contributed by atoms with van der Waals surface area (Å²) >= 11 is 0. The number of hydrogen-bond donors (Lipinski definition) is 1. The van der Waals surface area contributed by atoms with E-state index in [1.54, 1.807) is 0 Å². The van der Waals surface area contributed by atoms with Gasteiger partial charge < -0.3 is 9.84 Å². The zero-order valence-electron chi connectivity index (χ0n) is 16.9. The van der Waals surface area contributed by atoms with Crippen LogP contribution in [0.1, 0.15) is 73.6 Å². The SMILES string of the molecule is CC(=O)OC/C=C(\C)CC[C@@H]1C(C)=CC[C@@H]2C(C)(C)C[C@H](O)C[C@]12C. The number of carbonyl (C=O) groups is 1. The van der Waals surface area contributed by atoms with Crippen LogP contribution in [0.3, 0.4) is 0 Å². The van der Waals surface area contributed by atoms with Gasteiger partial charge in [-0.3, -0.25) is 4.79 Å². The van der Waals surface area contributed by atoms with Gasteiger partial charge in [0.2, 0.25) is 0 Å². The van der Waals surface area contributed by atoms with Crippen LogP contribution >= 0.6 is 0 Å². The molecule has 2 aliphatic carbocycles. The molecule has 0 aromatic heterocycles. The Hall–Kier alpha value is -1.09. The molecule has 1 N–H and O–H groups in total. The Morgan fingerprint density at radius 3 is 2.64 bits per heavy atom. The lowest BCUT2D eigenvalue weighted by molar-refractivity contribution is -0.139. The molecule has 25 heavy (non-hydrogen) atoms. The monoisotopic (exact) mass is 348 g/mol. The number of allylic oxidation sites excluding steroid dienone is 3. The second kappa shape index (κ2) is 7.65. The number of fused-ring (bicyclic) bond motifs is 1. The molecule has 3 nitrogen and oxygen atoms in total. The van der Waals surface area contributed by atoms with E-state index in [2.05, 4.69) is 40.7 Å². The van der Waals surface area contributed by atoms with Crippen molar-refractivity contribution in [1.82, 2.24) is 0 Å². The second-order valence-corrected chi connectivity index (χ2v) is 9.24. The van der Waals surface area contributed by atoms with Crippen LogP contribution in [-0.4, -0.2) is 23.8 Å². The maximum absolute atomic E-state index is 10.9. The maximum Gasteiger partial charge on any atom is 0.302 e. The molecule has 0 aromatic carbocycles. The molecule has 0 heterocycles. The van der Waals surface area contributed by atoms with Crippen molar-refractivity contribution in [3.8, 4) is 0 Å². The molecule has 2 aliphatic rings. The average Bonchev–Trinajstić information content (AvgIpc) is 2.43. The second-order valence-electron chi connectivity index (χ2n) is 9.24. The number of hydrogen-bond acceptors (Lipinski definition) is 3. The van der Waals surface area contributed by atoms with Gasteiger partial charge in [-0.15, -0.1) is 0 Å². The van der Waals surface area contributed by atoms with Crippen LogP contribution in [-0.2, 0) is 9.53 Å². The Kier molecular flexibility index (Phi) is 6.19. The fourth-order valence-electron chi connectivity index (χ4n) is 5.64. The molecule has 0 bridgehead atoms. The minimum atomic E-state index is -0.233. The van der Waals surface area contributed by atoms with Crippen LogP contribution in [0.15, 0.2) is 23.3 Å². The zero-order chi connectivity index (χ0) is 18.8. The van der Waals surface area contributed by atoms with Gasteiger partial charge >= 0.3 is 5.97 Å². The minimum Gasteiger partial charge on any atom is -0.462 e. The Morgan fingerprint density at radius 1 is 1.32 bits per heavy atom. The molecule has 0 radical (unpaired) electrons. The number of carbonyl (C=O) groups excluding carboxylic acids is 1. The molecule has 3 heteroatoms. The lowest BCUT2D eigenvalue weighted by atomic mass is 9.47. The molecule has 0 aliphatic heterocycles. The van der Waals surface area contributed by atoms with E-state index >= 15 is 0 Å². The highest BCUT2D eigenvalue weighted by Crippen LogP contribution is 2.60. The highest BCUT2D eigenvalue weighted by atomic mass is 16.5. The quantitative estimate of drug-likeness (QED) is 0.559. The van der Waals surface area contributed by atoms with Crippen molar-refractivity contribution in [2.45, 2.75) is 79.8 Å². The molecule has 0 spiro atoms. The van der Waals surface area contributed by atoms with E-state index in [9.17, 15) is 9.90 Å². The van der Waals surface area contributed by atoms with Gasteiger partial charge in [0, 0.05) is 6.92 Å². The fraction of sp³-hybridized carbons (Fsp3) is 0.773. The molecule has 0 unspecified atom stereocenters. The summed E-state index contributed by atoms with van der Waals surface area (Å²) < 4.78 is 5.01. The Bertz CT molecular complexity index is 558. The molecular formula is C22H36O3. The number of ether oxygens (including phenoxy) is 1. The van der Waals surface area contributed by atoms with Gasteiger partial charge in [0.15, 0.2) is 0 Å². The Balaban J connectivity index is 2.11. The average molecular weight is 349 g/mol. The predicted molar refractivity (Wildman–Crippen MR) is 102 cm³/mol. The smallest absolute Gasteiger partial charge is 0.302 e. The molecule has 4 atom stereocenters. The molecule has 2 rings (SSSR count). The van der Waals surface area contributed by atoms with Gasteiger partial charge in [-0.1, -0.05) is 38.0 Å². The summed E-state index contributed by atoms with van der Waals surface area (Å²) in [5, 5.41) is 10.5. The van der Waals surface area contributed by atoms with Gasteiger partial charge in [-0.2, -0.15) is 0 Å². The zero-order valence-corrected chi connectivity index (χ0v) is 16.9. The van der Waals surface area contributed by atoms with Crippen molar-refractivity contribution in [3.05, 3.63) is 23.3 Å². The van der Waals surface area contributed by atoms with Crippen LogP contribution in [0.5, 0.6) is 0 Å². The van der Waals surface area contributed by atoms with Gasteiger partial charge in [0.1, 0.15) is 6.61 Å². The van der Waals surface area contributed by atoms with Crippen molar-refractivity contribution in [2.75, 3.05) is 6.61 Å². The van der Waals surface area contributed by atoms with Crippen molar-refractivity contribution < 1.29 is 14.6 Å². The molecular weight excluding hydrogens is 312 g/mol. The normalized spacial score (nSPS) is 34.9. The lowest BCUT2D eigenvalue weighted by Gasteiger charge is -2.58. The summed E-state index contributed by atoms with van der Waals surface area (Å²) in [4.78, 5) is 10.9. The maximum atomic E-state index is 10.9. The highest BCUT2D eigenvalue weighted by Gasteiger charge is 2.53. The van der Waals surface area contributed by atoms with E-state index < -0.39 is 0 Å². The van der Waals surface area contributed by atoms with E-state index in [4.69, 9.17) is 4.74 Å². The van der Waals surface area contributed by atoms with Crippen molar-refractivity contribution in [1.29, 1.82) is 0 Å². The summed E-state index contributed by atoms with van der Waals surface area (Å²) in [6, 6.07) is 0. The lowest BCUT2D eigenvalue weighted by Crippen LogP contribution is -2.52. The van der Waals surface area contributed by atoms with Crippen LogP contribution in [0.2, 0.25) is 0 Å². The third-order valence-corrected chi connectivity index (χ3v) is 6.74. The predicted octanol–water partition coefficient (Wildman–Crippen LogP) is 5.05. The number of aliphatic hydroxyl groups is 1. The first-order valence-corrected chi connectivity index (χ1v) is 9.70. The number of rotatable bonds is 5. The topological polar surface area (TPSA) is 46.5 Å². The van der Waals surface area contributed by atoms with Crippen LogP contribution in [0.25, 0.3) is 0 Å². The molecule has 0 aromatic rings. The summed E-state index contributed by atoms with van der Waals surface area (Å²) in [6.07, 6.45) is 9.33. The standard InChI is InChI=1S/C22H36O3/c1-15(11-12-25-17(3)23)7-9-19-16(2)8-10-20-21(4,5)13-18(24)14-22(19,20)6/h8,11,18-20,24H,7,9-10,12-14H2,1-6H3/b15-11+/t18-,19+,20+,22+/m0/s1. The number of aliphatic hydroxyl groups excluding tert-OH is 1. The molecule has 1 saturated carbocycles. The van der Waals surface area contributed by atoms with Gasteiger partial charge in [0.05, 0.1) is 6.10 Å². The van der Waals surface area contributed by atoms with Gasteiger partial charge in [-0.05, 0) is 74.7 Å². The molecule has 1 fully saturated rings. The van der Waals surface area contributed by atoms with Gasteiger partial charge in [0.25, 0.3) is 0 Å². The summed E-state index contributed by atoms with van der Waals surface area (Å²) in [5.74, 6) is 0.906. The highest BCUT2D eigenvalue weighted by molar-refractivity contribution is 5.66. The van der Waals surface area contributed by atoms with Gasteiger partial charge in [-0.25, -0.2) is 0 Å². The van der Waals surface area contributed by atoms with E-state index in [1.807, 2.05) is 6.08 Å². The summed E-state index contributed by atoms with van der Waals surface area (Å²) in [6.45, 7) is 13.2. The van der Waals surface area contributed by atoms with Crippen LogP contribution < -0.4 is 0 Å². The Labute approximate surface area is 153 Å². The third-order valence-electron chi connectivity index (χ3n) is 6.74. The largest absolute Gasteiger partial charge is 0.462 e. The van der Waals surface area contributed by atoms with Crippen molar-refractivity contribution >= 4 is 5.97 Å². The first kappa shape index (κ1) is 20.2. The van der Waals surface area contributed by atoms with E-state index in [1.165, 1.54) is 18.1 Å². The summed E-state index contributed by atoms with van der Waals surface area (Å²) in [7, 11) is 0. The van der Waals surface area contributed by atoms with Crippen molar-refractivity contribution in [3.63, 3.8) is 0 Å². The third kappa shape index (κ3) is 4.55. The van der Waals surface area contributed by atoms with E-state index in [-0.39, 0.29) is 22.9 Å². The Morgan fingerprint density at radius 2 is 2.00 bits per heavy atom. The van der Waals surface area contributed by atoms with E-state index in [0.717, 1.165) is 32.1 Å². The first-order chi connectivity index (χ1) is 11.6. The fourth-order valence-corrected chi connectivity index (χ4v) is 5.64. The molecule has 142 valence electrons. The first-order valence-electron chi connectivity index (χ1n) is 9.70. The van der Waals surface area contributed by atoms with Crippen molar-refractivity contribution in [2.24, 2.45) is 22.7 Å². The summed E-state index contributed by atoms with van der Waals surface area (Å²) in [5.41, 5.74) is 3.10. The molecule has 0 saturated heterocycles. The number of esters is 1. The van der Waals surface area contributed by atoms with Crippen LogP contribution in [0, 0.1) is 22.7 Å². The molecule has 0 amide bonds. The minimum absolute atomic E-state index is 0.163.